The Labute approximate surface area is 137 Å². The van der Waals surface area contributed by atoms with Gasteiger partial charge in [-0.1, -0.05) is 39.7 Å². The molecule has 3 nitrogen and oxygen atoms in total. The van der Waals surface area contributed by atoms with E-state index in [1.807, 2.05) is 37.3 Å². The number of nitrogens with two attached hydrogens (primary N) is 1. The number of nitrogens with zero attached hydrogens (tertiary/aromatic N) is 1. The molecule has 0 saturated carbocycles. The Morgan fingerprint density at radius 1 is 1.29 bits per heavy atom. The van der Waals surface area contributed by atoms with E-state index in [-0.39, 0.29) is 11.9 Å². The highest BCUT2D eigenvalue weighted by atomic mass is 79.9. The summed E-state index contributed by atoms with van der Waals surface area (Å²) in [6.45, 7) is 1.96. The van der Waals surface area contributed by atoms with Gasteiger partial charge >= 0.3 is 0 Å². The minimum absolute atomic E-state index is 0.102. The van der Waals surface area contributed by atoms with Crippen LogP contribution in [0.1, 0.15) is 28.9 Å². The van der Waals surface area contributed by atoms with E-state index in [2.05, 4.69) is 15.9 Å². The molecule has 0 aliphatic carbocycles. The quantitative estimate of drug-likeness (QED) is 0.811. The zero-order valence-corrected chi connectivity index (χ0v) is 14.1. The van der Waals surface area contributed by atoms with Gasteiger partial charge in [0.15, 0.2) is 0 Å². The van der Waals surface area contributed by atoms with E-state index in [9.17, 15) is 4.79 Å². The molecule has 0 saturated heterocycles. The first-order valence-corrected chi connectivity index (χ1v) is 7.65. The van der Waals surface area contributed by atoms with Crippen molar-refractivity contribution in [3.63, 3.8) is 0 Å². The molecule has 1 atom stereocenters. The number of hydrogen-bond donors (Lipinski definition) is 1. The van der Waals surface area contributed by atoms with Crippen LogP contribution in [0.25, 0.3) is 0 Å². The smallest absolute Gasteiger partial charge is 0.256 e. The zero-order valence-electron chi connectivity index (χ0n) is 11.8. The SMILES string of the molecule is CC(c1cccc(Cl)c1)N(C)C(=O)c1cc(Br)ccc1N. The van der Waals surface area contributed by atoms with Crippen LogP contribution in [0, 0.1) is 0 Å². The number of halogens is 2. The monoisotopic (exact) mass is 366 g/mol. The van der Waals surface area contributed by atoms with Gasteiger partial charge in [-0.15, -0.1) is 0 Å². The van der Waals surface area contributed by atoms with Gasteiger partial charge in [-0.05, 0) is 42.8 Å². The van der Waals surface area contributed by atoms with Crippen molar-refractivity contribution in [2.45, 2.75) is 13.0 Å². The normalized spacial score (nSPS) is 12.0. The number of benzene rings is 2. The summed E-state index contributed by atoms with van der Waals surface area (Å²) in [6, 6.07) is 12.7. The molecule has 21 heavy (non-hydrogen) atoms. The Hall–Kier alpha value is -1.52. The van der Waals surface area contributed by atoms with Crippen LogP contribution < -0.4 is 5.73 Å². The molecule has 2 N–H and O–H groups in total. The van der Waals surface area contributed by atoms with E-state index in [1.54, 1.807) is 24.1 Å². The van der Waals surface area contributed by atoms with Gasteiger partial charge in [-0.2, -0.15) is 0 Å². The molecule has 0 heterocycles. The van der Waals surface area contributed by atoms with Gasteiger partial charge in [0.25, 0.3) is 5.91 Å². The van der Waals surface area contributed by atoms with Gasteiger partial charge in [-0.3, -0.25) is 4.79 Å². The first-order chi connectivity index (χ1) is 9.90. The molecular weight excluding hydrogens is 352 g/mol. The predicted octanol–water partition coefficient (Wildman–Crippen LogP) is 4.52. The second kappa shape index (κ2) is 6.50. The average Bonchev–Trinajstić information content (AvgIpc) is 2.47. The van der Waals surface area contributed by atoms with Gasteiger partial charge < -0.3 is 10.6 Å². The van der Waals surface area contributed by atoms with Crippen molar-refractivity contribution in [3.05, 3.63) is 63.1 Å². The number of hydrogen-bond acceptors (Lipinski definition) is 2. The molecule has 2 aromatic carbocycles. The minimum Gasteiger partial charge on any atom is -0.398 e. The molecule has 0 bridgehead atoms. The van der Waals surface area contributed by atoms with Crippen molar-refractivity contribution in [1.82, 2.24) is 4.90 Å². The van der Waals surface area contributed by atoms with Crippen LogP contribution in [-0.2, 0) is 0 Å². The van der Waals surface area contributed by atoms with Crippen LogP contribution in [0.3, 0.4) is 0 Å². The van der Waals surface area contributed by atoms with E-state index in [4.69, 9.17) is 17.3 Å². The predicted molar refractivity (Wildman–Crippen MR) is 90.5 cm³/mol. The Bertz CT molecular complexity index is 675. The first-order valence-electron chi connectivity index (χ1n) is 6.48. The lowest BCUT2D eigenvalue weighted by molar-refractivity contribution is 0.0743. The van der Waals surface area contributed by atoms with Gasteiger partial charge in [0.2, 0.25) is 0 Å². The second-order valence-corrected chi connectivity index (χ2v) is 6.23. The Kier molecular flexibility index (Phi) is 4.91. The third kappa shape index (κ3) is 3.57. The number of carbonyl (C=O) groups excluding carboxylic acids is 1. The van der Waals surface area contributed by atoms with Crippen LogP contribution >= 0.6 is 27.5 Å². The van der Waals surface area contributed by atoms with Crippen molar-refractivity contribution in [2.24, 2.45) is 0 Å². The van der Waals surface area contributed by atoms with Crippen molar-refractivity contribution in [3.8, 4) is 0 Å². The maximum atomic E-state index is 12.6. The van der Waals surface area contributed by atoms with E-state index >= 15 is 0 Å². The number of rotatable bonds is 3. The molecule has 0 aliphatic heterocycles. The van der Waals surface area contributed by atoms with Gasteiger partial charge in [0.05, 0.1) is 11.6 Å². The molecule has 2 aromatic rings. The number of nitrogen functional groups attached to an aromatic ring is 1. The van der Waals surface area contributed by atoms with Gasteiger partial charge in [0.1, 0.15) is 0 Å². The fraction of sp³-hybridized carbons (Fsp3) is 0.188. The van der Waals surface area contributed by atoms with Crippen LogP contribution in [-0.4, -0.2) is 17.9 Å². The number of anilines is 1. The molecular formula is C16H16BrClN2O. The molecule has 5 heteroatoms. The van der Waals surface area contributed by atoms with Gasteiger partial charge in [-0.25, -0.2) is 0 Å². The van der Waals surface area contributed by atoms with E-state index in [0.29, 0.717) is 16.3 Å². The lowest BCUT2D eigenvalue weighted by Crippen LogP contribution is -2.30. The highest BCUT2D eigenvalue weighted by Gasteiger charge is 2.21. The lowest BCUT2D eigenvalue weighted by Gasteiger charge is -2.26. The van der Waals surface area contributed by atoms with E-state index < -0.39 is 0 Å². The standard InChI is InChI=1S/C16H16BrClN2O/c1-10(11-4-3-5-13(18)8-11)20(2)16(21)14-9-12(17)6-7-15(14)19/h3-10H,19H2,1-2H3. The molecule has 1 unspecified atom stereocenters. The maximum Gasteiger partial charge on any atom is 0.256 e. The summed E-state index contributed by atoms with van der Waals surface area (Å²) in [5.74, 6) is -0.124. The van der Waals surface area contributed by atoms with Gasteiger partial charge in [0, 0.05) is 22.2 Å². The molecule has 0 aromatic heterocycles. The highest BCUT2D eigenvalue weighted by Crippen LogP contribution is 2.26. The molecule has 0 spiro atoms. The van der Waals surface area contributed by atoms with E-state index in [1.165, 1.54) is 0 Å². The summed E-state index contributed by atoms with van der Waals surface area (Å²) in [6.07, 6.45) is 0. The molecule has 0 fully saturated rings. The van der Waals surface area contributed by atoms with Crippen molar-refractivity contribution >= 4 is 39.1 Å². The summed E-state index contributed by atoms with van der Waals surface area (Å²) in [5.41, 5.74) is 7.83. The fourth-order valence-electron chi connectivity index (χ4n) is 2.07. The topological polar surface area (TPSA) is 46.3 Å². The third-order valence-corrected chi connectivity index (χ3v) is 4.21. The van der Waals surface area contributed by atoms with Crippen molar-refractivity contribution in [2.75, 3.05) is 12.8 Å². The highest BCUT2D eigenvalue weighted by molar-refractivity contribution is 9.10. The summed E-state index contributed by atoms with van der Waals surface area (Å²) in [5, 5.41) is 0.655. The largest absolute Gasteiger partial charge is 0.398 e. The van der Waals surface area contributed by atoms with Crippen LogP contribution in [0.5, 0.6) is 0 Å². The van der Waals surface area contributed by atoms with Crippen LogP contribution in [0.15, 0.2) is 46.9 Å². The molecule has 0 radical (unpaired) electrons. The summed E-state index contributed by atoms with van der Waals surface area (Å²) < 4.78 is 0.823. The first kappa shape index (κ1) is 15.9. The zero-order chi connectivity index (χ0) is 15.6. The summed E-state index contributed by atoms with van der Waals surface area (Å²) >= 11 is 9.37. The summed E-state index contributed by atoms with van der Waals surface area (Å²) in [7, 11) is 1.76. The van der Waals surface area contributed by atoms with E-state index in [0.717, 1.165) is 10.0 Å². The average molecular weight is 368 g/mol. The molecule has 110 valence electrons. The molecule has 2 rings (SSSR count). The molecule has 1 amide bonds. The Morgan fingerprint density at radius 2 is 2.00 bits per heavy atom. The third-order valence-electron chi connectivity index (χ3n) is 3.48. The van der Waals surface area contributed by atoms with Crippen molar-refractivity contribution in [1.29, 1.82) is 0 Å². The van der Waals surface area contributed by atoms with Crippen molar-refractivity contribution < 1.29 is 4.79 Å². The molecule has 0 aliphatic rings. The number of carbonyl (C=O) groups is 1. The van der Waals surface area contributed by atoms with Crippen LogP contribution in [0.4, 0.5) is 5.69 Å². The Morgan fingerprint density at radius 3 is 2.67 bits per heavy atom. The van der Waals surface area contributed by atoms with Crippen LogP contribution in [0.2, 0.25) is 5.02 Å². The maximum absolute atomic E-state index is 12.6. The Balaban J connectivity index is 2.28. The minimum atomic E-state index is -0.124. The fourth-order valence-corrected chi connectivity index (χ4v) is 2.63. The summed E-state index contributed by atoms with van der Waals surface area (Å²) in [4.78, 5) is 14.3. The number of amides is 1. The lowest BCUT2D eigenvalue weighted by atomic mass is 10.1. The second-order valence-electron chi connectivity index (χ2n) is 4.88.